The molecule has 0 bridgehead atoms. The van der Waals surface area contributed by atoms with Crippen LogP contribution in [0.1, 0.15) is 24.4 Å². The summed E-state index contributed by atoms with van der Waals surface area (Å²) in [6.45, 7) is 3.15. The summed E-state index contributed by atoms with van der Waals surface area (Å²) >= 11 is 5.92. The van der Waals surface area contributed by atoms with E-state index in [1.54, 1.807) is 0 Å². The van der Waals surface area contributed by atoms with Gasteiger partial charge in [-0.15, -0.1) is 10.2 Å². The van der Waals surface area contributed by atoms with Crippen LogP contribution in [0.5, 0.6) is 0 Å². The Morgan fingerprint density at radius 1 is 1.14 bits per heavy atom. The highest BCUT2D eigenvalue weighted by Gasteiger charge is 2.25. The Balaban J connectivity index is 1.52. The summed E-state index contributed by atoms with van der Waals surface area (Å²) in [5.41, 5.74) is 0.838. The summed E-state index contributed by atoms with van der Waals surface area (Å²) in [5.74, 6) is -1.76. The predicted molar refractivity (Wildman–Crippen MR) is 126 cm³/mol. The molecule has 1 aromatic carbocycles. The fourth-order valence-corrected chi connectivity index (χ4v) is 5.28. The van der Waals surface area contributed by atoms with Crippen LogP contribution in [0.25, 0.3) is 11.5 Å². The van der Waals surface area contributed by atoms with E-state index in [-0.39, 0.29) is 28.9 Å². The minimum atomic E-state index is -3.84. The molecule has 1 saturated heterocycles. The molecule has 0 saturated carbocycles. The fraction of sp³-hybridized carbons (Fsp3) is 0.409. The van der Waals surface area contributed by atoms with E-state index >= 15 is 0 Å². The highest BCUT2D eigenvalue weighted by Crippen LogP contribution is 2.28. The van der Waals surface area contributed by atoms with Crippen molar-refractivity contribution in [2.45, 2.75) is 19.4 Å². The monoisotopic (exact) mass is 545 g/mol. The third-order valence-electron chi connectivity index (χ3n) is 5.51. The first-order chi connectivity index (χ1) is 17.2. The number of hydrogen-bond donors (Lipinski definition) is 0. The topological polar surface area (TPSA) is 102 Å². The maximum absolute atomic E-state index is 13.8. The third-order valence-corrected chi connectivity index (χ3v) is 7.62. The van der Waals surface area contributed by atoms with Gasteiger partial charge in [-0.05, 0) is 43.3 Å². The molecule has 1 aliphatic rings. The van der Waals surface area contributed by atoms with Crippen LogP contribution in [-0.2, 0) is 21.3 Å². The molecule has 0 aliphatic carbocycles. The van der Waals surface area contributed by atoms with E-state index in [1.165, 1.54) is 30.5 Å². The molecular formula is C22H23ClF3N5O4S. The first-order valence-corrected chi connectivity index (χ1v) is 13.0. The van der Waals surface area contributed by atoms with Crippen LogP contribution in [0.2, 0.25) is 5.02 Å². The van der Waals surface area contributed by atoms with Gasteiger partial charge in [0.2, 0.25) is 15.9 Å². The van der Waals surface area contributed by atoms with Crippen molar-refractivity contribution in [3.63, 3.8) is 0 Å². The normalized spacial score (nSPS) is 14.9. The van der Waals surface area contributed by atoms with E-state index in [4.69, 9.17) is 20.8 Å². The molecule has 4 rings (SSSR count). The van der Waals surface area contributed by atoms with Crippen molar-refractivity contribution in [3.05, 3.63) is 59.0 Å². The Morgan fingerprint density at radius 2 is 1.92 bits per heavy atom. The Bertz CT molecular complexity index is 1270. The number of rotatable bonds is 10. The molecule has 0 unspecified atom stereocenters. The van der Waals surface area contributed by atoms with Crippen molar-refractivity contribution in [2.24, 2.45) is 0 Å². The minimum Gasteiger partial charge on any atom is -0.415 e. The maximum atomic E-state index is 13.8. The second-order valence-electron chi connectivity index (χ2n) is 8.01. The minimum absolute atomic E-state index is 0.137. The van der Waals surface area contributed by atoms with Gasteiger partial charge < -0.3 is 9.15 Å². The van der Waals surface area contributed by atoms with Crippen LogP contribution < -0.4 is 4.31 Å². The Morgan fingerprint density at radius 3 is 2.56 bits per heavy atom. The number of pyridine rings is 1. The van der Waals surface area contributed by atoms with Crippen LogP contribution in [-0.4, -0.2) is 67.1 Å². The lowest BCUT2D eigenvalue weighted by atomic mass is 10.2. The second kappa shape index (κ2) is 11.5. The molecule has 0 amide bonds. The molecular weight excluding hydrogens is 523 g/mol. The van der Waals surface area contributed by atoms with Crippen LogP contribution in [0, 0.1) is 5.82 Å². The molecule has 3 aromatic rings. The van der Waals surface area contributed by atoms with E-state index in [9.17, 15) is 21.6 Å². The van der Waals surface area contributed by atoms with Crippen LogP contribution in [0.4, 0.5) is 18.9 Å². The average molecular weight is 546 g/mol. The molecule has 1 fully saturated rings. The predicted octanol–water partition coefficient (Wildman–Crippen LogP) is 3.92. The van der Waals surface area contributed by atoms with Gasteiger partial charge in [0.1, 0.15) is 5.82 Å². The summed E-state index contributed by atoms with van der Waals surface area (Å²) in [5, 5.41) is 6.63. The van der Waals surface area contributed by atoms with E-state index in [2.05, 4.69) is 20.1 Å². The van der Waals surface area contributed by atoms with Gasteiger partial charge in [0, 0.05) is 19.3 Å². The van der Waals surface area contributed by atoms with E-state index in [0.717, 1.165) is 23.5 Å². The molecule has 0 spiro atoms. The molecule has 0 atom stereocenters. The zero-order chi connectivity index (χ0) is 25.7. The first-order valence-electron chi connectivity index (χ1n) is 11.1. The van der Waals surface area contributed by atoms with Gasteiger partial charge in [-0.2, -0.15) is 8.78 Å². The van der Waals surface area contributed by atoms with E-state index in [1.807, 2.05) is 0 Å². The molecule has 194 valence electrons. The van der Waals surface area contributed by atoms with Crippen molar-refractivity contribution >= 4 is 27.3 Å². The number of halogens is 4. The average Bonchev–Trinajstić information content (AvgIpc) is 3.36. The Hall–Kier alpha value is -2.74. The van der Waals surface area contributed by atoms with Gasteiger partial charge in [-0.25, -0.2) is 12.8 Å². The van der Waals surface area contributed by atoms with E-state index in [0.29, 0.717) is 37.4 Å². The smallest absolute Gasteiger partial charge is 0.314 e. The first kappa shape index (κ1) is 26.3. The molecule has 0 radical (unpaired) electrons. The number of aromatic nitrogens is 3. The number of morpholine rings is 1. The van der Waals surface area contributed by atoms with Crippen LogP contribution in [0.3, 0.4) is 0 Å². The van der Waals surface area contributed by atoms with Crippen molar-refractivity contribution in [1.29, 1.82) is 0 Å². The van der Waals surface area contributed by atoms with Crippen LogP contribution >= 0.6 is 11.6 Å². The number of benzene rings is 1. The SMILES string of the molecule is O=S(=O)(CCCN1CCOCC1)N(Cc1ccc(-c2nnc(C(F)F)o2)cn1)c1ccc(F)c(Cl)c1. The van der Waals surface area contributed by atoms with Crippen LogP contribution in [0.15, 0.2) is 40.9 Å². The number of sulfonamides is 1. The highest BCUT2D eigenvalue weighted by molar-refractivity contribution is 7.92. The van der Waals surface area contributed by atoms with E-state index < -0.39 is 28.2 Å². The number of anilines is 1. The van der Waals surface area contributed by atoms with Crippen molar-refractivity contribution in [3.8, 4) is 11.5 Å². The fourth-order valence-electron chi connectivity index (χ4n) is 3.63. The molecule has 1 aliphatic heterocycles. The lowest BCUT2D eigenvalue weighted by Gasteiger charge is -2.28. The number of hydrogen-bond acceptors (Lipinski definition) is 8. The van der Waals surface area contributed by atoms with Gasteiger partial charge in [0.25, 0.3) is 5.89 Å². The van der Waals surface area contributed by atoms with Gasteiger partial charge >= 0.3 is 6.43 Å². The molecule has 2 aromatic heterocycles. The largest absolute Gasteiger partial charge is 0.415 e. The van der Waals surface area contributed by atoms with Gasteiger partial charge in [-0.3, -0.25) is 14.2 Å². The summed E-state index contributed by atoms with van der Waals surface area (Å²) < 4.78 is 77.2. The molecule has 36 heavy (non-hydrogen) atoms. The summed E-state index contributed by atoms with van der Waals surface area (Å²) in [6.07, 6.45) is -1.19. The third kappa shape index (κ3) is 6.52. The highest BCUT2D eigenvalue weighted by atomic mass is 35.5. The summed E-state index contributed by atoms with van der Waals surface area (Å²) in [4.78, 5) is 6.37. The quantitative estimate of drug-likeness (QED) is 0.378. The number of alkyl halides is 2. The molecule has 9 nitrogen and oxygen atoms in total. The lowest BCUT2D eigenvalue weighted by molar-refractivity contribution is 0.0381. The Kier molecular flexibility index (Phi) is 8.44. The molecule has 0 N–H and O–H groups in total. The van der Waals surface area contributed by atoms with Crippen molar-refractivity contribution in [2.75, 3.05) is 42.9 Å². The zero-order valence-corrected chi connectivity index (χ0v) is 20.6. The van der Waals surface area contributed by atoms with Crippen molar-refractivity contribution < 1.29 is 30.7 Å². The standard InChI is InChI=1S/C22H23ClF3N5O4S/c23-18-12-17(4-5-19(18)24)31(36(32,33)11-1-6-30-7-9-34-10-8-30)14-16-3-2-15(13-27-16)21-28-29-22(35-21)20(25)26/h2-5,12-13,20H,1,6-11,14H2. The second-order valence-corrected chi connectivity index (χ2v) is 10.4. The zero-order valence-electron chi connectivity index (χ0n) is 19.0. The van der Waals surface area contributed by atoms with Gasteiger partial charge in [0.05, 0.1) is 47.5 Å². The van der Waals surface area contributed by atoms with Crippen molar-refractivity contribution in [1.82, 2.24) is 20.1 Å². The maximum Gasteiger partial charge on any atom is 0.314 e. The molecule has 14 heteroatoms. The lowest BCUT2D eigenvalue weighted by Crippen LogP contribution is -2.38. The Labute approximate surface area is 210 Å². The molecule has 3 heterocycles. The summed E-state index contributed by atoms with van der Waals surface area (Å²) in [7, 11) is -3.84. The number of nitrogens with zero attached hydrogens (tertiary/aromatic N) is 5. The summed E-state index contributed by atoms with van der Waals surface area (Å²) in [6, 6.07) is 6.70. The number of ether oxygens (including phenoxy) is 1. The van der Waals surface area contributed by atoms with Gasteiger partial charge in [-0.1, -0.05) is 11.6 Å². The van der Waals surface area contributed by atoms with Gasteiger partial charge in [0.15, 0.2) is 0 Å².